The number of H-pyrrole nitrogens is 1. The van der Waals surface area contributed by atoms with Crippen LogP contribution in [0, 0.1) is 43.9 Å². The highest BCUT2D eigenvalue weighted by molar-refractivity contribution is 8.01. The van der Waals surface area contributed by atoms with Gasteiger partial charge in [0.2, 0.25) is 5.78 Å². The number of aromatic amines is 1. The molecular formula is C99H118F6N12O4S6. The maximum Gasteiger partial charge on any atom is 0.433 e. The number of aromatic nitrogens is 6. The van der Waals surface area contributed by atoms with Crippen LogP contribution in [0.25, 0.3) is 43.6 Å². The lowest BCUT2D eigenvalue weighted by Gasteiger charge is -2.41. The van der Waals surface area contributed by atoms with Crippen LogP contribution >= 0.6 is 70.6 Å². The Hall–Kier alpha value is -8.50. The van der Waals surface area contributed by atoms with Crippen LogP contribution in [0.1, 0.15) is 180 Å². The summed E-state index contributed by atoms with van der Waals surface area (Å²) in [5, 5.41) is 16.3. The van der Waals surface area contributed by atoms with E-state index in [1.165, 1.54) is 21.2 Å². The van der Waals surface area contributed by atoms with Gasteiger partial charge in [-0.3, -0.25) is 14.4 Å². The van der Waals surface area contributed by atoms with Gasteiger partial charge in [0, 0.05) is 177 Å². The number of aryl methyl sites for hydroxylation is 2. The standard InChI is InChI=1S/C18H22F3N3S.C18H24N4S.C17H24N4S.C16H18O2S.C16H16OS.C14H14F3NOS/c1-17(2,3)25-12-4-5-13-14(6-12)23-16(18(19,20)21)7-15(13)24-9-11(8-22)10-24;1-11-20-15-6-5-13(23-18(2,3)4)7-14(15)17(21-11)22-9-12-8-19-16(12)10-22;1-11-19-15-7-13(22-17(2,3)4)5-6-14(15)16(20-11)21-9-12(8-18)10-21;1-10(17)13-8-6-11-5-7-12(19-16(2,3)4)9-14(11)15(13)18;1-5-11-6-7-12-8-9-13(18-16(2,3)4)10-14(12)15(11)17;1-13(2,3)20-8-4-5-10-9(6-8)11(19)7-12(18-10)14(15,16)17/h4-7,11H,8-10,22H2,1-3H3;5-7,12,16,19H,8-10H2,1-4H3;5-7,12H,8-10,18H2,1-4H3;5,7-9,17H,1,6H2,2-4H3;1,6,8-10H,7H2,2-4H3;4-7H,1-3H3,(H,18,19). The Morgan fingerprint density at radius 3 is 1.36 bits per heavy atom. The first kappa shape index (κ1) is 99.1. The molecule has 7 N–H and O–H groups in total. The van der Waals surface area contributed by atoms with Crippen molar-refractivity contribution < 1.29 is 41.0 Å². The number of pyridine rings is 2. The third-order valence-electron chi connectivity index (χ3n) is 20.5. The van der Waals surface area contributed by atoms with Crippen LogP contribution in [0.15, 0.2) is 191 Å². The molecule has 4 saturated heterocycles. The highest BCUT2D eigenvalue weighted by Gasteiger charge is 2.41. The summed E-state index contributed by atoms with van der Waals surface area (Å²) >= 11 is 10.4. The van der Waals surface area contributed by atoms with Crippen molar-refractivity contribution in [3.63, 3.8) is 0 Å². The van der Waals surface area contributed by atoms with E-state index < -0.39 is 29.2 Å². The van der Waals surface area contributed by atoms with E-state index in [2.05, 4.69) is 205 Å². The number of benzene rings is 6. The lowest BCUT2D eigenvalue weighted by Crippen LogP contribution is -2.51. The molecule has 0 radical (unpaired) electrons. The molecule has 127 heavy (non-hydrogen) atoms. The van der Waals surface area contributed by atoms with E-state index in [1.807, 2.05) is 106 Å². The van der Waals surface area contributed by atoms with Gasteiger partial charge < -0.3 is 41.6 Å². The van der Waals surface area contributed by atoms with Crippen molar-refractivity contribution >= 4 is 143 Å². The summed E-state index contributed by atoms with van der Waals surface area (Å²) in [5.74, 6) is 7.74. The summed E-state index contributed by atoms with van der Waals surface area (Å²) in [6.45, 7) is 54.0. The molecule has 2 unspecified atom stereocenters. The SMILES string of the molecule is C#CC1=CCc2ccc(SC(C)(C)C)cc2C1=O.C=C(O)C1=CCc2ccc(SC(C)(C)C)cc2C1=O.CC(C)(C)Sc1ccc2[nH]c(C(F)(F)F)cc(=O)c2c1.CC(C)(C)Sc1ccc2c(N3CC(CN)C3)cc(C(F)(F)F)nc2c1.Cc1nc(N2CC(CN)C2)c2ccc(SC(C)(C)C)cc2n1.Cc1nc(N2CC3CNC3C2)c2cc(SC(C)(C)C)ccc2n1. The Labute approximate surface area is 769 Å². The lowest BCUT2D eigenvalue weighted by molar-refractivity contribution is -0.141. The predicted molar refractivity (Wildman–Crippen MR) is 521 cm³/mol. The van der Waals surface area contributed by atoms with Gasteiger partial charge in [0.1, 0.15) is 40.4 Å². The quantitative estimate of drug-likeness (QED) is 0.0332. The monoisotopic (exact) mass is 1840 g/mol. The minimum Gasteiger partial charge on any atom is -0.508 e. The van der Waals surface area contributed by atoms with E-state index in [9.17, 15) is 45.8 Å². The van der Waals surface area contributed by atoms with E-state index in [1.54, 1.807) is 71.3 Å². The number of ketones is 2. The smallest absolute Gasteiger partial charge is 0.433 e. The number of Topliss-reactive ketones (excluding diaryl/α,β-unsaturated/α-hetero) is 2. The van der Waals surface area contributed by atoms with Crippen molar-refractivity contribution in [2.45, 2.75) is 228 Å². The average molecular weight is 1850 g/mol. The fraction of sp³-hybridized carbons (Fsp3) is 0.434. The third kappa shape index (κ3) is 27.1. The predicted octanol–water partition coefficient (Wildman–Crippen LogP) is 23.6. The van der Waals surface area contributed by atoms with Gasteiger partial charge in [-0.05, 0) is 154 Å². The Bertz CT molecular complexity index is 5920. The van der Waals surface area contributed by atoms with Crippen LogP contribution in [-0.2, 0) is 25.2 Å². The van der Waals surface area contributed by atoms with Crippen LogP contribution in [0.3, 0.4) is 0 Å². The van der Waals surface area contributed by atoms with Gasteiger partial charge in [0.15, 0.2) is 11.2 Å². The number of rotatable bonds is 12. The number of fused-ring (bicyclic) bond motifs is 7. The molecule has 0 saturated carbocycles. The first-order chi connectivity index (χ1) is 59.0. The highest BCUT2D eigenvalue weighted by atomic mass is 32.2. The summed E-state index contributed by atoms with van der Waals surface area (Å²) in [4.78, 5) is 74.4. The van der Waals surface area contributed by atoms with E-state index in [-0.39, 0.29) is 56.7 Å². The zero-order valence-electron chi connectivity index (χ0n) is 76.2. The van der Waals surface area contributed by atoms with Crippen molar-refractivity contribution in [1.29, 1.82) is 0 Å². The van der Waals surface area contributed by atoms with Gasteiger partial charge >= 0.3 is 12.4 Å². The number of aliphatic hydroxyl groups excluding tert-OH is 1. The number of nitrogens with one attached hydrogen (secondary N) is 2. The number of allylic oxidation sites excluding steroid dienone is 4. The molecular weight excluding hydrogens is 1730 g/mol. The van der Waals surface area contributed by atoms with Crippen LogP contribution < -0.4 is 36.9 Å². The first-order valence-corrected chi connectivity index (χ1v) is 47.4. The molecule has 4 fully saturated rings. The van der Waals surface area contributed by atoms with Crippen molar-refractivity contribution in [1.82, 2.24) is 35.2 Å². The van der Waals surface area contributed by atoms with Crippen LogP contribution in [0.4, 0.5) is 43.7 Å². The molecule has 16 nitrogen and oxygen atoms in total. The number of hydrogen-bond donors (Lipinski definition) is 5. The van der Waals surface area contributed by atoms with Gasteiger partial charge in [0.25, 0.3) is 0 Å². The fourth-order valence-electron chi connectivity index (χ4n) is 15.0. The second kappa shape index (κ2) is 39.7. The molecule has 10 aromatic rings. The molecule has 0 bridgehead atoms. The molecule has 28 heteroatoms. The van der Waals surface area contributed by atoms with Gasteiger partial charge in [-0.1, -0.05) is 161 Å². The molecule has 6 aliphatic rings. The molecule has 16 rings (SSSR count). The normalized spacial score (nSPS) is 16.7. The number of halogens is 6. The van der Waals surface area contributed by atoms with Gasteiger partial charge in [0.05, 0.1) is 27.7 Å². The highest BCUT2D eigenvalue weighted by Crippen LogP contribution is 2.45. The van der Waals surface area contributed by atoms with E-state index in [4.69, 9.17) is 22.9 Å². The molecule has 6 aromatic carbocycles. The van der Waals surface area contributed by atoms with Gasteiger partial charge in [-0.25, -0.2) is 24.9 Å². The number of nitrogens with two attached hydrogens (primary N) is 2. The fourth-order valence-corrected chi connectivity index (χ4v) is 21.1. The molecule has 0 spiro atoms. The largest absolute Gasteiger partial charge is 0.508 e. The Balaban J connectivity index is 0.000000148. The number of carbonyl (C=O) groups is 2. The zero-order valence-corrected chi connectivity index (χ0v) is 81.1. The Kier molecular flexibility index (Phi) is 30.9. The maximum absolute atomic E-state index is 13.3. The van der Waals surface area contributed by atoms with Crippen LogP contribution in [0.5, 0.6) is 0 Å². The number of terminal acetylenes is 1. The minimum atomic E-state index is -4.55. The third-order valence-corrected chi connectivity index (χ3v) is 27.1. The summed E-state index contributed by atoms with van der Waals surface area (Å²) < 4.78 is 78.3. The second-order valence-corrected chi connectivity index (χ2v) is 49.9. The summed E-state index contributed by atoms with van der Waals surface area (Å²) in [6.07, 6.45) is 1.32. The number of hydrogen-bond acceptors (Lipinski definition) is 21. The number of anilines is 3. The lowest BCUT2D eigenvalue weighted by atomic mass is 9.90. The summed E-state index contributed by atoms with van der Waals surface area (Å²) in [6, 6.07) is 38.0. The second-order valence-electron chi connectivity index (χ2n) is 38.5. The molecule has 4 aromatic heterocycles. The topological polar surface area (TPSA) is 225 Å². The van der Waals surface area contributed by atoms with E-state index >= 15 is 0 Å². The van der Waals surface area contributed by atoms with Crippen molar-refractivity contribution in [3.05, 3.63) is 212 Å². The molecule has 8 heterocycles. The number of alkyl halides is 6. The van der Waals surface area contributed by atoms with E-state index in [0.717, 1.165) is 139 Å². The van der Waals surface area contributed by atoms with Gasteiger partial charge in [-0.15, -0.1) is 77.0 Å². The molecule has 2 aliphatic carbocycles. The number of thioether (sulfide) groups is 6. The van der Waals surface area contributed by atoms with E-state index in [0.29, 0.717) is 77.9 Å². The number of nitrogens with zero attached hydrogens (tertiary/aromatic N) is 8. The Morgan fingerprint density at radius 2 is 0.906 bits per heavy atom. The summed E-state index contributed by atoms with van der Waals surface area (Å²) in [5.41, 5.74) is 16.5. The molecule has 676 valence electrons. The summed E-state index contributed by atoms with van der Waals surface area (Å²) in [7, 11) is 0. The molecule has 2 atom stereocenters. The maximum atomic E-state index is 13.3. The van der Waals surface area contributed by atoms with Crippen molar-refractivity contribution in [2.24, 2.45) is 29.2 Å². The average Bonchev–Trinajstić information content (AvgIpc) is 1.69. The van der Waals surface area contributed by atoms with Gasteiger partial charge in [-0.2, -0.15) is 26.3 Å². The Morgan fingerprint density at radius 1 is 0.480 bits per heavy atom. The molecule has 0 amide bonds. The minimum absolute atomic E-state index is 0.0184. The van der Waals surface area contributed by atoms with Crippen LogP contribution in [0.2, 0.25) is 0 Å². The first-order valence-electron chi connectivity index (χ1n) is 42.5. The number of aliphatic hydroxyl groups is 1. The zero-order chi connectivity index (χ0) is 93.2. The molecule has 4 aliphatic heterocycles. The number of carbonyl (C=O) groups excluding carboxylic acids is 2. The van der Waals surface area contributed by atoms with Crippen molar-refractivity contribution in [3.8, 4) is 12.3 Å². The van der Waals surface area contributed by atoms with Crippen LogP contribution in [-0.4, -0.2) is 140 Å². The van der Waals surface area contributed by atoms with Crippen molar-refractivity contribution in [2.75, 3.05) is 73.6 Å².